The summed E-state index contributed by atoms with van der Waals surface area (Å²) >= 11 is 7.06. The summed E-state index contributed by atoms with van der Waals surface area (Å²) in [4.78, 5) is 13.4. The van der Waals surface area contributed by atoms with Crippen LogP contribution in [-0.4, -0.2) is 41.2 Å². The highest BCUT2D eigenvalue weighted by molar-refractivity contribution is 7.88. The summed E-state index contributed by atoms with van der Waals surface area (Å²) in [6, 6.07) is 5.48. The number of benzene rings is 1. The molecule has 0 bridgehead atoms. The second-order valence-corrected chi connectivity index (χ2v) is 9.95. The molecule has 8 nitrogen and oxygen atoms in total. The predicted molar refractivity (Wildman–Crippen MR) is 123 cm³/mol. The number of nitrogens with one attached hydrogen (secondary N) is 1. The Morgan fingerprint density at radius 1 is 1.25 bits per heavy atom. The Morgan fingerprint density at radius 3 is 2.66 bits per heavy atom. The third-order valence-corrected chi connectivity index (χ3v) is 7.54. The molecule has 0 aliphatic carbocycles. The monoisotopic (exact) mass is 493 g/mol. The van der Waals surface area contributed by atoms with Gasteiger partial charge in [-0.3, -0.25) is 9.48 Å². The Hall–Kier alpha value is -3.02. The Labute approximate surface area is 192 Å². The number of thiophene rings is 1. The number of nitrogens with zero attached hydrogens (tertiary/aromatic N) is 4. The number of rotatable bonds is 4. The zero-order valence-electron chi connectivity index (χ0n) is 17.1. The lowest BCUT2D eigenvalue weighted by atomic mass is 10.1. The van der Waals surface area contributed by atoms with Gasteiger partial charge in [-0.05, 0) is 48.2 Å². The lowest BCUT2D eigenvalue weighted by molar-refractivity contribution is -0.113. The van der Waals surface area contributed by atoms with Crippen LogP contribution in [-0.2, 0) is 22.1 Å². The van der Waals surface area contributed by atoms with Crippen LogP contribution in [0.1, 0.15) is 10.6 Å². The average Bonchev–Trinajstić information content (AvgIpc) is 3.34. The van der Waals surface area contributed by atoms with Gasteiger partial charge in [0.1, 0.15) is 11.5 Å². The molecule has 1 aromatic carbocycles. The second-order valence-electron chi connectivity index (χ2n) is 7.00. The molecule has 2 aromatic heterocycles. The zero-order valence-corrected chi connectivity index (χ0v) is 19.5. The molecule has 166 valence electrons. The molecule has 3 aromatic rings. The predicted octanol–water partition coefficient (Wildman–Crippen LogP) is 3.75. The highest BCUT2D eigenvalue weighted by Crippen LogP contribution is 2.30. The van der Waals surface area contributed by atoms with Crippen molar-refractivity contribution in [2.75, 3.05) is 12.4 Å². The van der Waals surface area contributed by atoms with Crippen molar-refractivity contribution in [3.63, 3.8) is 0 Å². The third kappa shape index (κ3) is 4.06. The van der Waals surface area contributed by atoms with E-state index in [9.17, 15) is 17.6 Å². The van der Waals surface area contributed by atoms with E-state index in [1.165, 1.54) is 36.6 Å². The molecule has 0 fully saturated rings. The molecule has 1 aliphatic heterocycles. The lowest BCUT2D eigenvalue weighted by Gasteiger charge is -2.23. The molecule has 1 N–H and O–H groups in total. The number of likely N-dealkylation sites (N-methyl/N-ethyl adjacent to an activating group) is 1. The van der Waals surface area contributed by atoms with Crippen molar-refractivity contribution in [2.45, 2.75) is 6.92 Å². The standard InChI is InChI=1S/C20H17ClFN5O3S2/c1-11-14(9-23-26(11)2)12-6-19(31-10-12)17-8-18(27(3)32(29,30)25-17)20(28)24-13-4-5-16(22)15(21)7-13/h4-10H,1-3H3,(H,24,28). The minimum absolute atomic E-state index is 0.136. The molecule has 32 heavy (non-hydrogen) atoms. The number of hydrogen-bond acceptors (Lipinski definition) is 5. The molecular formula is C20H17ClFN5O3S2. The van der Waals surface area contributed by atoms with Crippen LogP contribution in [0.25, 0.3) is 11.1 Å². The number of aromatic nitrogens is 2. The molecule has 4 rings (SSSR count). The first-order chi connectivity index (χ1) is 15.1. The fraction of sp³-hybridized carbons (Fsp3) is 0.150. The van der Waals surface area contributed by atoms with Crippen LogP contribution in [0.2, 0.25) is 5.02 Å². The van der Waals surface area contributed by atoms with Gasteiger partial charge in [0.25, 0.3) is 5.91 Å². The van der Waals surface area contributed by atoms with Crippen LogP contribution in [0.4, 0.5) is 10.1 Å². The number of hydrogen-bond donors (Lipinski definition) is 1. The van der Waals surface area contributed by atoms with Crippen molar-refractivity contribution in [1.29, 1.82) is 0 Å². The molecule has 0 radical (unpaired) electrons. The highest BCUT2D eigenvalue weighted by Gasteiger charge is 2.30. The molecule has 0 spiro atoms. The van der Waals surface area contributed by atoms with E-state index in [0.29, 0.717) is 4.88 Å². The van der Waals surface area contributed by atoms with Crippen molar-refractivity contribution in [2.24, 2.45) is 11.4 Å². The van der Waals surface area contributed by atoms with Gasteiger partial charge >= 0.3 is 10.2 Å². The first-order valence-electron chi connectivity index (χ1n) is 9.21. The van der Waals surface area contributed by atoms with Crippen molar-refractivity contribution in [3.05, 3.63) is 69.0 Å². The molecule has 1 amide bonds. The molecule has 0 atom stereocenters. The second kappa shape index (κ2) is 8.15. The number of anilines is 1. The quantitative estimate of drug-likeness (QED) is 0.598. The molecule has 0 unspecified atom stereocenters. The summed E-state index contributed by atoms with van der Waals surface area (Å²) in [5, 5.41) is 8.47. The van der Waals surface area contributed by atoms with Gasteiger partial charge in [-0.25, -0.2) is 8.70 Å². The SMILES string of the molecule is Cc1c(-c2csc(C3=NS(=O)(=O)N(C)C(C(=O)Nc4ccc(F)c(Cl)c4)=C3)c2)cnn1C. The molecule has 12 heteroatoms. The van der Waals surface area contributed by atoms with E-state index >= 15 is 0 Å². The number of carbonyl (C=O) groups excluding carboxylic acids is 1. The van der Waals surface area contributed by atoms with E-state index in [4.69, 9.17) is 11.6 Å². The van der Waals surface area contributed by atoms with Gasteiger partial charge in [-0.1, -0.05) is 11.6 Å². The Balaban J connectivity index is 1.68. The molecule has 0 saturated heterocycles. The van der Waals surface area contributed by atoms with Crippen molar-refractivity contribution >= 4 is 50.5 Å². The van der Waals surface area contributed by atoms with Gasteiger partial charge in [0.15, 0.2) is 0 Å². The minimum Gasteiger partial charge on any atom is -0.321 e. The largest absolute Gasteiger partial charge is 0.345 e. The van der Waals surface area contributed by atoms with Crippen LogP contribution in [0.15, 0.2) is 52.0 Å². The summed E-state index contributed by atoms with van der Waals surface area (Å²) < 4.78 is 45.0. The van der Waals surface area contributed by atoms with E-state index in [1.807, 2.05) is 19.4 Å². The van der Waals surface area contributed by atoms with Gasteiger partial charge < -0.3 is 5.32 Å². The van der Waals surface area contributed by atoms with Crippen molar-refractivity contribution in [3.8, 4) is 11.1 Å². The maximum absolute atomic E-state index is 13.4. The van der Waals surface area contributed by atoms with Crippen molar-refractivity contribution in [1.82, 2.24) is 14.1 Å². The Morgan fingerprint density at radius 2 is 2.00 bits per heavy atom. The summed E-state index contributed by atoms with van der Waals surface area (Å²) in [6.45, 7) is 1.93. The lowest BCUT2D eigenvalue weighted by Crippen LogP contribution is -2.35. The van der Waals surface area contributed by atoms with Gasteiger partial charge in [-0.2, -0.15) is 13.5 Å². The smallest absolute Gasteiger partial charge is 0.321 e. The van der Waals surface area contributed by atoms with Gasteiger partial charge in [0.2, 0.25) is 0 Å². The number of aryl methyl sites for hydroxylation is 1. The first kappa shape index (κ1) is 22.2. The number of halogens is 2. The van der Waals surface area contributed by atoms with Crippen molar-refractivity contribution < 1.29 is 17.6 Å². The maximum atomic E-state index is 13.4. The van der Waals surface area contributed by atoms with Crippen LogP contribution in [0.5, 0.6) is 0 Å². The number of amides is 1. The molecule has 1 aliphatic rings. The van der Waals surface area contributed by atoms with E-state index < -0.39 is 21.9 Å². The molecule has 3 heterocycles. The summed E-state index contributed by atoms with van der Waals surface area (Å²) in [7, 11) is -1.05. The van der Waals surface area contributed by atoms with Crippen LogP contribution in [0.3, 0.4) is 0 Å². The third-order valence-electron chi connectivity index (χ3n) is 4.98. The normalized spacial score (nSPS) is 15.3. The summed E-state index contributed by atoms with van der Waals surface area (Å²) in [6.07, 6.45) is 3.13. The zero-order chi connectivity index (χ0) is 23.2. The van der Waals surface area contributed by atoms with Crippen LogP contribution in [0, 0.1) is 12.7 Å². The van der Waals surface area contributed by atoms with Crippen LogP contribution < -0.4 is 5.32 Å². The van der Waals surface area contributed by atoms with Gasteiger partial charge in [0.05, 0.1) is 21.8 Å². The van der Waals surface area contributed by atoms with Gasteiger partial charge in [0, 0.05) is 31.0 Å². The summed E-state index contributed by atoms with van der Waals surface area (Å²) in [5.74, 6) is -1.33. The Bertz CT molecular complexity index is 1410. The molecular weight excluding hydrogens is 477 g/mol. The highest BCUT2D eigenvalue weighted by atomic mass is 35.5. The van der Waals surface area contributed by atoms with Crippen LogP contribution >= 0.6 is 22.9 Å². The fourth-order valence-corrected chi connectivity index (χ4v) is 5.06. The number of carbonyl (C=O) groups is 1. The first-order valence-corrected chi connectivity index (χ1v) is 11.9. The maximum Gasteiger partial charge on any atom is 0.345 e. The molecule has 0 saturated carbocycles. The minimum atomic E-state index is -4.12. The van der Waals surface area contributed by atoms with E-state index in [0.717, 1.165) is 27.2 Å². The summed E-state index contributed by atoms with van der Waals surface area (Å²) in [5.41, 5.74) is 2.98. The van der Waals surface area contributed by atoms with E-state index in [2.05, 4.69) is 14.8 Å². The van der Waals surface area contributed by atoms with Gasteiger partial charge in [-0.15, -0.1) is 15.7 Å². The van der Waals surface area contributed by atoms with E-state index in [1.54, 1.807) is 16.9 Å². The fourth-order valence-electron chi connectivity index (χ4n) is 3.04. The van der Waals surface area contributed by atoms with E-state index in [-0.39, 0.29) is 22.1 Å². The number of allylic oxidation sites excluding steroid dienone is 1. The Kier molecular flexibility index (Phi) is 5.65. The average molecular weight is 494 g/mol. The topological polar surface area (TPSA) is 96.7 Å².